The molecule has 1 aliphatic carbocycles. The highest BCUT2D eigenvalue weighted by Crippen LogP contribution is 2.35. The number of rotatable bonds is 3. The van der Waals surface area contributed by atoms with Gasteiger partial charge in [0.2, 0.25) is 5.91 Å². The summed E-state index contributed by atoms with van der Waals surface area (Å²) in [5, 5.41) is 4.22. The van der Waals surface area contributed by atoms with Crippen LogP contribution >= 0.6 is 0 Å². The van der Waals surface area contributed by atoms with E-state index in [-0.39, 0.29) is 12.3 Å². The molecule has 132 valence electrons. The molecule has 4 rings (SSSR count). The van der Waals surface area contributed by atoms with Crippen molar-refractivity contribution in [2.24, 2.45) is 5.92 Å². The number of benzene rings is 1. The quantitative estimate of drug-likeness (QED) is 0.753. The Hall–Kier alpha value is -3.02. The molecule has 2 heterocycles. The number of hydrogen-bond donors (Lipinski definition) is 2. The van der Waals surface area contributed by atoms with Gasteiger partial charge >= 0.3 is 0 Å². The predicted octanol–water partition coefficient (Wildman–Crippen LogP) is 3.79. The van der Waals surface area contributed by atoms with E-state index in [2.05, 4.69) is 15.3 Å². The van der Waals surface area contributed by atoms with Crippen molar-refractivity contribution in [1.82, 2.24) is 9.97 Å². The number of aromatic nitrogens is 2. The molecule has 0 bridgehead atoms. The molecule has 3 N–H and O–H groups in total. The summed E-state index contributed by atoms with van der Waals surface area (Å²) >= 11 is 0. The van der Waals surface area contributed by atoms with E-state index in [1.54, 1.807) is 12.3 Å². The van der Waals surface area contributed by atoms with Crippen molar-refractivity contribution in [2.45, 2.75) is 26.4 Å². The minimum absolute atomic E-state index is 0.285. The number of hydrogen-bond acceptors (Lipinski definition) is 4. The van der Waals surface area contributed by atoms with Crippen LogP contribution in [0.2, 0.25) is 0 Å². The molecule has 2 aromatic heterocycles. The van der Waals surface area contributed by atoms with Crippen LogP contribution < -0.4 is 11.1 Å². The number of alkyl halides is 1. The second-order valence-corrected chi connectivity index (χ2v) is 6.80. The van der Waals surface area contributed by atoms with Crippen LogP contribution in [0.4, 0.5) is 16.0 Å². The van der Waals surface area contributed by atoms with Crippen LogP contribution in [0, 0.1) is 19.8 Å². The minimum atomic E-state index is -1.04. The molecule has 1 aliphatic rings. The third-order valence-corrected chi connectivity index (χ3v) is 4.78. The lowest BCUT2D eigenvalue weighted by molar-refractivity contribution is -0.117. The Morgan fingerprint density at radius 1 is 1.27 bits per heavy atom. The van der Waals surface area contributed by atoms with Crippen LogP contribution in [0.5, 0.6) is 0 Å². The van der Waals surface area contributed by atoms with E-state index in [0.29, 0.717) is 17.0 Å². The fourth-order valence-electron chi connectivity index (χ4n) is 3.24. The van der Waals surface area contributed by atoms with Gasteiger partial charge in [0.15, 0.2) is 0 Å². The zero-order valence-electron chi connectivity index (χ0n) is 14.6. The van der Waals surface area contributed by atoms with Crippen LogP contribution in [0.1, 0.15) is 17.5 Å². The standard InChI is InChI=1S/C20H19FN4O/c1-10-4-3-5-11(2)18(10)16-6-12-7-17(23-9-14(12)19(22)24-16)25-20(26)13-8-15(13)21/h3-7,9,13,15H,8H2,1-2H3,(H2,22,24)(H,23,25,26)/t13-,15+/m0/s1. The molecule has 1 aromatic carbocycles. The maximum atomic E-state index is 13.0. The first kappa shape index (κ1) is 16.4. The van der Waals surface area contributed by atoms with Crippen LogP contribution in [0.3, 0.4) is 0 Å². The predicted molar refractivity (Wildman–Crippen MR) is 100 cm³/mol. The molecule has 1 fully saturated rings. The number of fused-ring (bicyclic) bond motifs is 1. The Morgan fingerprint density at radius 3 is 2.62 bits per heavy atom. The molecule has 0 saturated heterocycles. The molecule has 1 saturated carbocycles. The van der Waals surface area contributed by atoms with Gasteiger partial charge in [0.1, 0.15) is 17.8 Å². The lowest BCUT2D eigenvalue weighted by atomic mass is 9.98. The first-order valence-corrected chi connectivity index (χ1v) is 8.52. The SMILES string of the molecule is Cc1cccc(C)c1-c1cc2cc(NC(=O)[C@H]3C[C@H]3F)ncc2c(N)n1. The average Bonchev–Trinajstić information content (AvgIpc) is 3.31. The van der Waals surface area contributed by atoms with Crippen molar-refractivity contribution in [3.05, 3.63) is 47.7 Å². The molecule has 0 aliphatic heterocycles. The van der Waals surface area contributed by atoms with Gasteiger partial charge in [-0.3, -0.25) is 4.79 Å². The number of nitrogens with one attached hydrogen (secondary N) is 1. The molecule has 6 heteroatoms. The van der Waals surface area contributed by atoms with E-state index in [4.69, 9.17) is 5.73 Å². The number of nitrogens with two attached hydrogens (primary N) is 1. The molecule has 26 heavy (non-hydrogen) atoms. The molecule has 0 unspecified atom stereocenters. The maximum Gasteiger partial charge on any atom is 0.231 e. The van der Waals surface area contributed by atoms with Crippen molar-refractivity contribution in [1.29, 1.82) is 0 Å². The third-order valence-electron chi connectivity index (χ3n) is 4.78. The third kappa shape index (κ3) is 2.87. The van der Waals surface area contributed by atoms with Crippen LogP contribution in [-0.2, 0) is 4.79 Å². The second kappa shape index (κ2) is 6.05. The minimum Gasteiger partial charge on any atom is -0.383 e. The summed E-state index contributed by atoms with van der Waals surface area (Å²) < 4.78 is 13.0. The Balaban J connectivity index is 1.76. The fraction of sp³-hybridized carbons (Fsp3) is 0.250. The molecular weight excluding hydrogens is 331 g/mol. The van der Waals surface area contributed by atoms with Gasteiger partial charge in [-0.2, -0.15) is 0 Å². The summed E-state index contributed by atoms with van der Waals surface area (Å²) in [4.78, 5) is 20.7. The highest BCUT2D eigenvalue weighted by Gasteiger charge is 2.43. The lowest BCUT2D eigenvalue weighted by Crippen LogP contribution is -2.15. The van der Waals surface area contributed by atoms with Gasteiger partial charge < -0.3 is 11.1 Å². The molecule has 1 amide bonds. The molecular formula is C20H19FN4O. The second-order valence-electron chi connectivity index (χ2n) is 6.80. The van der Waals surface area contributed by atoms with Crippen molar-refractivity contribution >= 4 is 28.3 Å². The molecule has 0 radical (unpaired) electrons. The lowest BCUT2D eigenvalue weighted by Gasteiger charge is -2.12. The summed E-state index contributed by atoms with van der Waals surface area (Å²) in [7, 11) is 0. The topological polar surface area (TPSA) is 80.9 Å². The smallest absolute Gasteiger partial charge is 0.231 e. The molecule has 2 atom stereocenters. The summed E-state index contributed by atoms with van der Waals surface area (Å²) in [5.74, 6) is -0.113. The van der Waals surface area contributed by atoms with Crippen molar-refractivity contribution in [2.75, 3.05) is 11.1 Å². The summed E-state index contributed by atoms with van der Waals surface area (Å²) in [5.41, 5.74) is 10.2. The van der Waals surface area contributed by atoms with E-state index in [9.17, 15) is 9.18 Å². The van der Waals surface area contributed by atoms with Crippen molar-refractivity contribution < 1.29 is 9.18 Å². The van der Waals surface area contributed by atoms with Gasteiger partial charge in [0.05, 0.1) is 11.6 Å². The normalized spacial score (nSPS) is 18.7. The summed E-state index contributed by atoms with van der Waals surface area (Å²) in [6.07, 6.45) is 0.833. The van der Waals surface area contributed by atoms with Gasteiger partial charge in [-0.1, -0.05) is 18.2 Å². The highest BCUT2D eigenvalue weighted by atomic mass is 19.1. The van der Waals surface area contributed by atoms with Gasteiger partial charge in [0, 0.05) is 17.1 Å². The summed E-state index contributed by atoms with van der Waals surface area (Å²) in [6.45, 7) is 4.07. The first-order chi connectivity index (χ1) is 12.4. The maximum absolute atomic E-state index is 13.0. The molecule has 3 aromatic rings. The van der Waals surface area contributed by atoms with Crippen molar-refractivity contribution in [3.63, 3.8) is 0 Å². The van der Waals surface area contributed by atoms with E-state index in [0.717, 1.165) is 27.8 Å². The van der Waals surface area contributed by atoms with Crippen LogP contribution in [0.15, 0.2) is 36.5 Å². The van der Waals surface area contributed by atoms with Crippen molar-refractivity contribution in [3.8, 4) is 11.3 Å². The van der Waals surface area contributed by atoms with Gasteiger partial charge in [-0.05, 0) is 48.9 Å². The highest BCUT2D eigenvalue weighted by molar-refractivity contribution is 5.98. The van der Waals surface area contributed by atoms with Crippen LogP contribution in [-0.4, -0.2) is 22.0 Å². The number of pyridine rings is 2. The van der Waals surface area contributed by atoms with E-state index >= 15 is 0 Å². The van der Waals surface area contributed by atoms with Gasteiger partial charge in [-0.25, -0.2) is 14.4 Å². The average molecular weight is 350 g/mol. The van der Waals surface area contributed by atoms with Crippen LogP contribution in [0.25, 0.3) is 22.0 Å². The number of anilines is 2. The largest absolute Gasteiger partial charge is 0.383 e. The fourth-order valence-corrected chi connectivity index (χ4v) is 3.24. The first-order valence-electron chi connectivity index (χ1n) is 8.52. The van der Waals surface area contributed by atoms with E-state index < -0.39 is 12.1 Å². The Kier molecular flexibility index (Phi) is 3.83. The Bertz CT molecular complexity index is 1010. The Labute approximate surface area is 150 Å². The van der Waals surface area contributed by atoms with Gasteiger partial charge in [-0.15, -0.1) is 0 Å². The zero-order chi connectivity index (χ0) is 18.4. The number of nitrogens with zero attached hydrogens (tertiary/aromatic N) is 2. The van der Waals surface area contributed by atoms with E-state index in [1.165, 1.54) is 0 Å². The van der Waals surface area contributed by atoms with E-state index in [1.807, 2.05) is 38.1 Å². The number of halogens is 1. The molecule has 5 nitrogen and oxygen atoms in total. The Morgan fingerprint density at radius 2 is 1.96 bits per heavy atom. The number of nitrogen functional groups attached to an aromatic ring is 1. The number of aryl methyl sites for hydroxylation is 2. The van der Waals surface area contributed by atoms with Gasteiger partial charge in [0.25, 0.3) is 0 Å². The number of carbonyl (C=O) groups is 1. The summed E-state index contributed by atoms with van der Waals surface area (Å²) in [6, 6.07) is 9.76. The molecule has 0 spiro atoms. The monoisotopic (exact) mass is 350 g/mol. The number of amides is 1. The number of carbonyl (C=O) groups excluding carboxylic acids is 1. The zero-order valence-corrected chi connectivity index (χ0v) is 14.6.